The zero-order valence-corrected chi connectivity index (χ0v) is 20.6. The van der Waals surface area contributed by atoms with Gasteiger partial charge in [0.05, 0.1) is 32.2 Å². The number of anilines is 2. The third-order valence-corrected chi connectivity index (χ3v) is 7.60. The second kappa shape index (κ2) is 9.57. The van der Waals surface area contributed by atoms with Gasteiger partial charge in [-0.2, -0.15) is 13.5 Å². The Kier molecular flexibility index (Phi) is 6.67. The number of nitrogen functional groups attached to an aromatic ring is 1. The molecule has 186 valence electrons. The molecule has 0 atom stereocenters. The van der Waals surface area contributed by atoms with Crippen LogP contribution >= 0.6 is 0 Å². The standard InChI is InChI=1S/C24H22N4O6S2/c1-2-15-6-3-4-9-21(15)28-35(30,31)18-8-5-7-17(13-18)26-27-24-20(25)11-10-16-12-19(36(32,33)34)14-22(29)23(16)24/h3-14,28-29H,2,25H2,1H3,(H,32,33,34). The lowest BCUT2D eigenvalue weighted by atomic mass is 10.1. The van der Waals surface area contributed by atoms with Crippen LogP contribution in [0.5, 0.6) is 5.75 Å². The first kappa shape index (κ1) is 25.1. The molecule has 4 rings (SSSR count). The molecule has 10 nitrogen and oxygen atoms in total. The molecule has 36 heavy (non-hydrogen) atoms. The molecule has 0 amide bonds. The van der Waals surface area contributed by atoms with Crippen LogP contribution in [-0.4, -0.2) is 26.5 Å². The van der Waals surface area contributed by atoms with Gasteiger partial charge in [-0.25, -0.2) is 8.42 Å². The average Bonchev–Trinajstić information content (AvgIpc) is 2.83. The van der Waals surface area contributed by atoms with E-state index in [1.807, 2.05) is 19.1 Å². The summed E-state index contributed by atoms with van der Waals surface area (Å²) in [4.78, 5) is -0.522. The van der Waals surface area contributed by atoms with Crippen LogP contribution in [-0.2, 0) is 26.6 Å². The first-order valence-electron chi connectivity index (χ1n) is 10.6. The minimum absolute atomic E-state index is 0.0311. The molecule has 0 unspecified atom stereocenters. The maximum Gasteiger partial charge on any atom is 0.294 e. The molecule has 0 bridgehead atoms. The monoisotopic (exact) mass is 526 g/mol. The summed E-state index contributed by atoms with van der Waals surface area (Å²) in [6, 6.07) is 17.8. The SMILES string of the molecule is CCc1ccccc1NS(=O)(=O)c1cccc(N=Nc2c(N)ccc3cc(S(=O)(=O)O)cc(O)c23)c1. The summed E-state index contributed by atoms with van der Waals surface area (Å²) in [5, 5.41) is 19.0. The highest BCUT2D eigenvalue weighted by Crippen LogP contribution is 2.40. The molecule has 0 aliphatic heterocycles. The fraction of sp³-hybridized carbons (Fsp3) is 0.0833. The molecule has 4 aromatic rings. The van der Waals surface area contributed by atoms with Crippen LogP contribution in [0.4, 0.5) is 22.7 Å². The first-order chi connectivity index (χ1) is 17.0. The number of rotatable bonds is 7. The van der Waals surface area contributed by atoms with Gasteiger partial charge < -0.3 is 10.8 Å². The van der Waals surface area contributed by atoms with Crippen LogP contribution < -0.4 is 10.5 Å². The summed E-state index contributed by atoms with van der Waals surface area (Å²) >= 11 is 0. The minimum atomic E-state index is -4.55. The molecule has 0 saturated carbocycles. The largest absolute Gasteiger partial charge is 0.507 e. The van der Waals surface area contributed by atoms with Gasteiger partial charge in [-0.3, -0.25) is 9.27 Å². The highest BCUT2D eigenvalue weighted by atomic mass is 32.2. The van der Waals surface area contributed by atoms with Crippen molar-refractivity contribution < 1.29 is 26.5 Å². The number of hydrogen-bond donors (Lipinski definition) is 4. The van der Waals surface area contributed by atoms with Gasteiger partial charge in [0.1, 0.15) is 11.4 Å². The number of nitrogens with zero attached hydrogens (tertiary/aromatic N) is 2. The van der Waals surface area contributed by atoms with Crippen molar-refractivity contribution >= 4 is 53.7 Å². The number of benzene rings is 4. The second-order valence-corrected chi connectivity index (χ2v) is 10.9. The summed E-state index contributed by atoms with van der Waals surface area (Å²) in [6.45, 7) is 1.93. The molecule has 0 radical (unpaired) electrons. The summed E-state index contributed by atoms with van der Waals surface area (Å²) < 4.78 is 60.8. The van der Waals surface area contributed by atoms with E-state index in [1.54, 1.807) is 18.2 Å². The number of fused-ring (bicyclic) bond motifs is 1. The van der Waals surface area contributed by atoms with E-state index in [0.29, 0.717) is 12.1 Å². The van der Waals surface area contributed by atoms with Crippen molar-refractivity contribution in [3.8, 4) is 5.75 Å². The van der Waals surface area contributed by atoms with Crippen LogP contribution in [0.15, 0.2) is 92.8 Å². The molecular formula is C24H22N4O6S2. The van der Waals surface area contributed by atoms with Gasteiger partial charge in [0, 0.05) is 6.07 Å². The van der Waals surface area contributed by atoms with E-state index < -0.39 is 30.8 Å². The summed E-state index contributed by atoms with van der Waals surface area (Å²) in [5.41, 5.74) is 7.74. The number of phenols is 1. The van der Waals surface area contributed by atoms with Gasteiger partial charge in [0.15, 0.2) is 0 Å². The maximum atomic E-state index is 13.0. The molecule has 0 aliphatic rings. The van der Waals surface area contributed by atoms with E-state index in [1.165, 1.54) is 30.3 Å². The molecule has 0 spiro atoms. The molecule has 0 aliphatic carbocycles. The van der Waals surface area contributed by atoms with E-state index in [-0.39, 0.29) is 32.7 Å². The number of nitrogens with one attached hydrogen (secondary N) is 1. The van der Waals surface area contributed by atoms with Crippen molar-refractivity contribution in [1.82, 2.24) is 0 Å². The average molecular weight is 527 g/mol. The Morgan fingerprint density at radius 1 is 0.889 bits per heavy atom. The molecular weight excluding hydrogens is 504 g/mol. The number of aryl methyl sites for hydroxylation is 1. The van der Waals surface area contributed by atoms with Gasteiger partial charge in [0.25, 0.3) is 20.1 Å². The van der Waals surface area contributed by atoms with Gasteiger partial charge in [0.2, 0.25) is 0 Å². The quantitative estimate of drug-likeness (QED) is 0.146. The number of phenolic OH excluding ortho intramolecular Hbond substituents is 1. The van der Waals surface area contributed by atoms with E-state index in [4.69, 9.17) is 5.73 Å². The second-order valence-electron chi connectivity index (χ2n) is 7.83. The first-order valence-corrected chi connectivity index (χ1v) is 13.6. The Morgan fingerprint density at radius 3 is 2.36 bits per heavy atom. The van der Waals surface area contributed by atoms with Gasteiger partial charge in [-0.1, -0.05) is 37.3 Å². The molecule has 0 heterocycles. The van der Waals surface area contributed by atoms with Crippen LogP contribution in [0.3, 0.4) is 0 Å². The van der Waals surface area contributed by atoms with Crippen molar-refractivity contribution in [3.05, 3.63) is 78.4 Å². The molecule has 0 aromatic heterocycles. The van der Waals surface area contributed by atoms with E-state index in [9.17, 15) is 26.5 Å². The third-order valence-electron chi connectivity index (χ3n) is 5.41. The molecule has 4 aromatic carbocycles. The van der Waals surface area contributed by atoms with Crippen LogP contribution in [0, 0.1) is 0 Å². The van der Waals surface area contributed by atoms with Crippen LogP contribution in [0.2, 0.25) is 0 Å². The van der Waals surface area contributed by atoms with Gasteiger partial charge >= 0.3 is 0 Å². The summed E-state index contributed by atoms with van der Waals surface area (Å²) in [6.07, 6.45) is 0.651. The Bertz CT molecular complexity index is 1720. The van der Waals surface area contributed by atoms with Gasteiger partial charge in [-0.05, 0) is 53.8 Å². The third kappa shape index (κ3) is 5.15. The van der Waals surface area contributed by atoms with E-state index in [2.05, 4.69) is 15.0 Å². The van der Waals surface area contributed by atoms with E-state index >= 15 is 0 Å². The Balaban J connectivity index is 1.71. The van der Waals surface area contributed by atoms with Crippen molar-refractivity contribution in [2.45, 2.75) is 23.1 Å². The summed E-state index contributed by atoms with van der Waals surface area (Å²) in [5.74, 6) is -0.475. The smallest absolute Gasteiger partial charge is 0.294 e. The number of sulfonamides is 1. The highest BCUT2D eigenvalue weighted by molar-refractivity contribution is 7.92. The predicted molar refractivity (Wildman–Crippen MR) is 137 cm³/mol. The fourth-order valence-electron chi connectivity index (χ4n) is 3.62. The number of aromatic hydroxyl groups is 1. The lowest BCUT2D eigenvalue weighted by molar-refractivity contribution is 0.471. The Labute approximate surface area is 207 Å². The zero-order chi connectivity index (χ0) is 26.1. The molecule has 0 saturated heterocycles. The van der Waals surface area contributed by atoms with Crippen LogP contribution in [0.25, 0.3) is 10.8 Å². The van der Waals surface area contributed by atoms with Crippen molar-refractivity contribution in [2.75, 3.05) is 10.5 Å². The van der Waals surface area contributed by atoms with Crippen LogP contribution in [0.1, 0.15) is 12.5 Å². The number of azo groups is 1. The van der Waals surface area contributed by atoms with Gasteiger partial charge in [-0.15, -0.1) is 5.11 Å². The number of nitrogens with two attached hydrogens (primary N) is 1. The normalized spacial score (nSPS) is 12.3. The van der Waals surface area contributed by atoms with Crippen molar-refractivity contribution in [3.63, 3.8) is 0 Å². The van der Waals surface area contributed by atoms with Crippen molar-refractivity contribution in [2.24, 2.45) is 10.2 Å². The highest BCUT2D eigenvalue weighted by Gasteiger charge is 2.18. The predicted octanol–water partition coefficient (Wildman–Crippen LogP) is 5.15. The van der Waals surface area contributed by atoms with E-state index in [0.717, 1.165) is 17.7 Å². The topological polar surface area (TPSA) is 172 Å². The number of hydrogen-bond acceptors (Lipinski definition) is 8. The van der Waals surface area contributed by atoms with Crippen molar-refractivity contribution in [1.29, 1.82) is 0 Å². The lowest BCUT2D eigenvalue weighted by Crippen LogP contribution is -2.14. The maximum absolute atomic E-state index is 13.0. The summed E-state index contributed by atoms with van der Waals surface area (Å²) in [7, 11) is -8.47. The lowest BCUT2D eigenvalue weighted by Gasteiger charge is -2.12. The Hall–Kier alpha value is -4.00. The molecule has 12 heteroatoms. The molecule has 0 fully saturated rings. The number of para-hydroxylation sites is 1. The zero-order valence-electron chi connectivity index (χ0n) is 19.0. The fourth-order valence-corrected chi connectivity index (χ4v) is 5.30. The molecule has 5 N–H and O–H groups in total. The minimum Gasteiger partial charge on any atom is -0.507 e. The Morgan fingerprint density at radius 2 is 1.64 bits per heavy atom.